The van der Waals surface area contributed by atoms with Crippen LogP contribution in [0.1, 0.15) is 23.5 Å². The molecule has 1 unspecified atom stereocenters. The van der Waals surface area contributed by atoms with E-state index in [1.807, 2.05) is 30.3 Å². The van der Waals surface area contributed by atoms with Crippen molar-refractivity contribution in [2.75, 3.05) is 18.4 Å². The Bertz CT molecular complexity index is 1500. The van der Waals surface area contributed by atoms with Crippen LogP contribution in [-0.2, 0) is 9.59 Å². The molecule has 0 aliphatic carbocycles. The number of urea groups is 1. The van der Waals surface area contributed by atoms with E-state index in [1.165, 1.54) is 17.1 Å². The Morgan fingerprint density at radius 1 is 0.977 bits per heavy atom. The maximum atomic E-state index is 12.8. The molecule has 9 nitrogen and oxygen atoms in total. The van der Waals surface area contributed by atoms with Crippen molar-refractivity contribution in [1.29, 1.82) is 0 Å². The predicted octanol–water partition coefficient (Wildman–Crippen LogP) is 6.63. The number of hydrogen-bond donors (Lipinski definition) is 3. The van der Waals surface area contributed by atoms with E-state index < -0.39 is 43.4 Å². The number of carboxylic acid groups (broad SMARTS) is 1. The minimum atomic E-state index is -2.89. The monoisotopic (exact) mass is 638 g/mol. The van der Waals surface area contributed by atoms with Gasteiger partial charge in [0.25, 0.3) is 0 Å². The summed E-state index contributed by atoms with van der Waals surface area (Å²) in [6.07, 6.45) is -3.72. The average Bonchev–Trinajstić information content (AvgIpc) is 3.44. The highest BCUT2D eigenvalue weighted by Crippen LogP contribution is 2.30. The first-order valence-corrected chi connectivity index (χ1v) is 13.0. The first-order chi connectivity index (χ1) is 20.9. The summed E-state index contributed by atoms with van der Waals surface area (Å²) in [5, 5.41) is 19.0. The van der Waals surface area contributed by atoms with Crippen LogP contribution in [0, 0.1) is 0 Å². The van der Waals surface area contributed by atoms with Gasteiger partial charge in [0, 0.05) is 16.6 Å². The van der Waals surface area contributed by atoms with Crippen molar-refractivity contribution in [1.82, 2.24) is 10.3 Å². The van der Waals surface area contributed by atoms with Gasteiger partial charge in [-0.25, -0.2) is 14.2 Å². The van der Waals surface area contributed by atoms with Gasteiger partial charge in [-0.2, -0.15) is 22.7 Å². The van der Waals surface area contributed by atoms with Crippen molar-refractivity contribution in [2.45, 2.75) is 19.0 Å². The van der Waals surface area contributed by atoms with E-state index in [4.69, 9.17) is 16.7 Å². The molecule has 0 fully saturated rings. The zero-order valence-corrected chi connectivity index (χ0v) is 23.3. The van der Waals surface area contributed by atoms with Crippen molar-refractivity contribution in [3.8, 4) is 5.75 Å². The first kappa shape index (κ1) is 33.5. The van der Waals surface area contributed by atoms with Crippen molar-refractivity contribution in [3.05, 3.63) is 107 Å². The number of hydrazone groups is 1. The third kappa shape index (κ3) is 10.4. The second-order valence-corrected chi connectivity index (χ2v) is 9.32. The molecule has 0 spiro atoms. The molecule has 3 N–H and O–H groups in total. The lowest BCUT2D eigenvalue weighted by Crippen LogP contribution is -2.30. The van der Waals surface area contributed by atoms with E-state index in [1.54, 1.807) is 41.7 Å². The van der Waals surface area contributed by atoms with Crippen LogP contribution in [0.3, 0.4) is 0 Å². The summed E-state index contributed by atoms with van der Waals surface area (Å²) < 4.78 is 64.1. The van der Waals surface area contributed by atoms with Crippen molar-refractivity contribution in [2.24, 2.45) is 5.10 Å². The van der Waals surface area contributed by atoms with Crippen molar-refractivity contribution in [3.63, 3.8) is 0 Å². The molecular formula is C29H24ClF5N4O5. The van der Waals surface area contributed by atoms with Crippen LogP contribution in [0.25, 0.3) is 0 Å². The molecule has 3 amide bonds. The number of nitrogens with zero attached hydrogens (tertiary/aromatic N) is 2. The number of nitrogens with one attached hydrogen (secondary N) is 2. The van der Waals surface area contributed by atoms with Gasteiger partial charge in [-0.3, -0.25) is 9.59 Å². The molecule has 15 heteroatoms. The van der Waals surface area contributed by atoms with E-state index in [0.29, 0.717) is 23.0 Å². The van der Waals surface area contributed by atoms with Gasteiger partial charge in [0.1, 0.15) is 12.3 Å². The number of aliphatic carboxylic acids is 1. The lowest BCUT2D eigenvalue weighted by molar-refractivity contribution is -0.137. The van der Waals surface area contributed by atoms with E-state index in [0.717, 1.165) is 11.1 Å². The van der Waals surface area contributed by atoms with Gasteiger partial charge < -0.3 is 20.5 Å². The molecule has 0 bridgehead atoms. The predicted molar refractivity (Wildman–Crippen MR) is 152 cm³/mol. The summed E-state index contributed by atoms with van der Waals surface area (Å²) >= 11 is 5.89. The number of hydrogen-bond acceptors (Lipinski definition) is 5. The first-order valence-electron chi connectivity index (χ1n) is 12.6. The molecule has 1 atom stereocenters. The lowest BCUT2D eigenvalue weighted by Gasteiger charge is -2.16. The fourth-order valence-corrected chi connectivity index (χ4v) is 3.93. The number of ether oxygens (including phenoxy) is 1. The second kappa shape index (κ2) is 16.0. The Morgan fingerprint density at radius 3 is 2.18 bits per heavy atom. The molecule has 44 heavy (non-hydrogen) atoms. The van der Waals surface area contributed by atoms with Crippen LogP contribution in [0.15, 0.2) is 95.9 Å². The minimum Gasteiger partial charge on any atom is -0.480 e. The number of alkyl halides is 2. The molecule has 1 aliphatic heterocycles. The van der Waals surface area contributed by atoms with E-state index in [9.17, 15) is 36.3 Å². The largest absolute Gasteiger partial charge is 0.480 e. The smallest absolute Gasteiger partial charge is 0.387 e. The van der Waals surface area contributed by atoms with E-state index >= 15 is 0 Å². The van der Waals surface area contributed by atoms with Gasteiger partial charge in [0.2, 0.25) is 5.91 Å². The van der Waals surface area contributed by atoms with Crippen molar-refractivity contribution >= 4 is 40.9 Å². The summed E-state index contributed by atoms with van der Waals surface area (Å²) in [4.78, 5) is 33.1. The Hall–Kier alpha value is -4.98. The SMILES string of the molecule is O=C(Nc1ccc(Cl)cc1)N1CC(c2ccccc2)C(c2ccc(OC(F)F)cc2)=N1.O=C(O)CNC(=O)CC(F)=C(F)F. The highest BCUT2D eigenvalue weighted by Gasteiger charge is 2.32. The second-order valence-electron chi connectivity index (χ2n) is 8.88. The number of carboxylic acids is 1. The molecule has 1 aliphatic rings. The molecule has 3 aromatic rings. The molecule has 0 aromatic heterocycles. The summed E-state index contributed by atoms with van der Waals surface area (Å²) in [5.41, 5.74) is 2.98. The molecule has 3 aromatic carbocycles. The van der Waals surface area contributed by atoms with Crippen LogP contribution in [0.4, 0.5) is 32.4 Å². The molecular weight excluding hydrogens is 615 g/mol. The van der Waals surface area contributed by atoms with Crippen LogP contribution in [0.5, 0.6) is 5.75 Å². The number of halogens is 6. The zero-order valence-electron chi connectivity index (χ0n) is 22.5. The maximum absolute atomic E-state index is 12.8. The number of benzene rings is 3. The topological polar surface area (TPSA) is 120 Å². The molecule has 0 saturated carbocycles. The number of amides is 3. The fourth-order valence-electron chi connectivity index (χ4n) is 3.81. The minimum absolute atomic E-state index is 0.0611. The molecule has 0 radical (unpaired) electrons. The Kier molecular flexibility index (Phi) is 12.2. The number of carbonyl (C=O) groups excluding carboxylic acids is 2. The molecule has 4 rings (SSSR count). The summed E-state index contributed by atoms with van der Waals surface area (Å²) in [5.74, 6) is -4.40. The van der Waals surface area contributed by atoms with Crippen LogP contribution in [0.2, 0.25) is 5.02 Å². The van der Waals surface area contributed by atoms with Gasteiger partial charge in [-0.1, -0.05) is 41.9 Å². The van der Waals surface area contributed by atoms with Crippen LogP contribution >= 0.6 is 11.6 Å². The molecule has 1 heterocycles. The highest BCUT2D eigenvalue weighted by molar-refractivity contribution is 6.30. The van der Waals surface area contributed by atoms with Gasteiger partial charge in [-0.05, 0) is 59.7 Å². The zero-order chi connectivity index (χ0) is 32.2. The van der Waals surface area contributed by atoms with Gasteiger partial charge >= 0.3 is 24.7 Å². The van der Waals surface area contributed by atoms with Crippen LogP contribution < -0.4 is 15.4 Å². The third-order valence-electron chi connectivity index (χ3n) is 5.78. The summed E-state index contributed by atoms with van der Waals surface area (Å²) in [6, 6.07) is 22.3. The maximum Gasteiger partial charge on any atom is 0.387 e. The summed E-state index contributed by atoms with van der Waals surface area (Å²) in [7, 11) is 0. The highest BCUT2D eigenvalue weighted by atomic mass is 35.5. The summed E-state index contributed by atoms with van der Waals surface area (Å²) in [6.45, 7) is -3.27. The third-order valence-corrected chi connectivity index (χ3v) is 6.03. The Morgan fingerprint density at radius 2 is 1.61 bits per heavy atom. The normalized spacial score (nSPS) is 13.8. The van der Waals surface area contributed by atoms with Gasteiger partial charge in [0.15, 0.2) is 5.83 Å². The lowest BCUT2D eigenvalue weighted by atomic mass is 9.90. The van der Waals surface area contributed by atoms with E-state index in [2.05, 4.69) is 15.2 Å². The Balaban J connectivity index is 0.000000345. The van der Waals surface area contributed by atoms with Gasteiger partial charge in [0.05, 0.1) is 18.7 Å². The van der Waals surface area contributed by atoms with Crippen LogP contribution in [-0.4, -0.2) is 53.4 Å². The standard InChI is InChI=1S/C23H18ClF2N3O2.C6H6F3NO3/c24-17-8-10-18(11-9-17)27-23(30)29-14-20(15-4-2-1-3-5-15)21(28-29)16-6-12-19(13-7-16)31-22(25)26;7-3(6(8)9)1-4(11)10-2-5(12)13/h1-13,20,22H,14H2,(H,27,30);1-2H2,(H,10,11)(H,12,13). The fraction of sp³-hybridized carbons (Fsp3) is 0.172. The molecule has 232 valence electrons. The number of carbonyl (C=O) groups is 3. The quantitative estimate of drug-likeness (QED) is 0.227. The van der Waals surface area contributed by atoms with Gasteiger partial charge in [-0.15, -0.1) is 0 Å². The number of rotatable bonds is 9. The average molecular weight is 639 g/mol. The number of anilines is 1. The van der Waals surface area contributed by atoms with E-state index in [-0.39, 0.29) is 17.7 Å². The van der Waals surface area contributed by atoms with Crippen molar-refractivity contribution < 1.29 is 46.2 Å². The molecule has 0 saturated heterocycles. The Labute approximate surface area is 252 Å².